The number of rotatable bonds is 1. The Balaban J connectivity index is 1.41. The van der Waals surface area contributed by atoms with Crippen LogP contribution in [0, 0.1) is 22.7 Å². The molecule has 7 nitrogen and oxygen atoms in total. The highest BCUT2D eigenvalue weighted by Gasteiger charge is 2.52. The summed E-state index contributed by atoms with van der Waals surface area (Å²) in [5.41, 5.74) is 8.50. The molecule has 2 aliphatic rings. The minimum Gasteiger partial charge on any atom is -0.457 e. The van der Waals surface area contributed by atoms with Gasteiger partial charge in [0.25, 0.3) is 0 Å². The molecule has 0 amide bonds. The average molecular weight is 551 g/mol. The van der Waals surface area contributed by atoms with Crippen molar-refractivity contribution in [2.75, 3.05) is 0 Å². The summed E-state index contributed by atoms with van der Waals surface area (Å²) < 4.78 is 8.55. The van der Waals surface area contributed by atoms with E-state index in [0.717, 1.165) is 72.6 Å². The highest BCUT2D eigenvalue weighted by molar-refractivity contribution is 6.09. The second-order valence-electron chi connectivity index (χ2n) is 10.7. The first-order valence-corrected chi connectivity index (χ1v) is 13.8. The molecule has 198 valence electrons. The lowest BCUT2D eigenvalue weighted by Gasteiger charge is -2.38. The number of hydrogen-bond acceptors (Lipinski definition) is 6. The highest BCUT2D eigenvalue weighted by Crippen LogP contribution is 2.61. The van der Waals surface area contributed by atoms with Crippen LogP contribution in [0.3, 0.4) is 0 Å². The maximum atomic E-state index is 9.64. The van der Waals surface area contributed by atoms with Crippen LogP contribution in [-0.2, 0) is 5.41 Å². The Morgan fingerprint density at radius 1 is 0.628 bits per heavy atom. The fraction of sp³-hybridized carbons (Fsp3) is 0.0278. The van der Waals surface area contributed by atoms with Gasteiger partial charge < -0.3 is 9.30 Å². The third kappa shape index (κ3) is 2.92. The third-order valence-electron chi connectivity index (χ3n) is 8.67. The number of para-hydroxylation sites is 2. The maximum absolute atomic E-state index is 9.64. The normalized spacial score (nSPS) is 13.4. The standard InChI is InChI=1S/C36H18N6O/c37-17-21-11-12-30-24(14-21)25-15-22(18-38)40-20-31(25)42(30)23-16-29-35(41-19-23)34-28(8-5-13-39-34)36(29)26-6-1-3-9-32(26)43-33-10-4-2-7-27(33)36/h1-16,19-20H. The van der Waals surface area contributed by atoms with Gasteiger partial charge in [-0.1, -0.05) is 42.5 Å². The molecule has 0 saturated heterocycles. The first kappa shape index (κ1) is 23.4. The minimum atomic E-state index is -0.702. The average Bonchev–Trinajstić information content (AvgIpc) is 3.54. The molecule has 43 heavy (non-hydrogen) atoms. The molecule has 1 aliphatic heterocycles. The Morgan fingerprint density at radius 2 is 1.35 bits per heavy atom. The number of fused-ring (bicyclic) bond motifs is 12. The van der Waals surface area contributed by atoms with Gasteiger partial charge >= 0.3 is 0 Å². The Morgan fingerprint density at radius 3 is 2.12 bits per heavy atom. The van der Waals surface area contributed by atoms with Crippen molar-refractivity contribution < 1.29 is 4.74 Å². The molecule has 0 bridgehead atoms. The smallest absolute Gasteiger partial charge is 0.141 e. The van der Waals surface area contributed by atoms with Crippen LogP contribution in [0.4, 0.5) is 0 Å². The molecule has 0 radical (unpaired) electrons. The highest BCUT2D eigenvalue weighted by atomic mass is 16.5. The van der Waals surface area contributed by atoms with Gasteiger partial charge in [-0.2, -0.15) is 10.5 Å². The quantitative estimate of drug-likeness (QED) is 0.215. The molecule has 7 heteroatoms. The van der Waals surface area contributed by atoms with E-state index in [1.807, 2.05) is 73.1 Å². The van der Waals surface area contributed by atoms with Crippen LogP contribution in [0.5, 0.6) is 11.5 Å². The largest absolute Gasteiger partial charge is 0.457 e. The number of ether oxygens (including phenoxy) is 1. The molecule has 1 aliphatic carbocycles. The van der Waals surface area contributed by atoms with Crippen molar-refractivity contribution in [3.63, 3.8) is 0 Å². The first-order valence-electron chi connectivity index (χ1n) is 13.8. The van der Waals surface area contributed by atoms with E-state index in [4.69, 9.17) is 14.7 Å². The fourth-order valence-corrected chi connectivity index (χ4v) is 6.99. The van der Waals surface area contributed by atoms with Crippen molar-refractivity contribution in [3.8, 4) is 40.7 Å². The van der Waals surface area contributed by atoms with Crippen molar-refractivity contribution in [1.82, 2.24) is 19.5 Å². The van der Waals surface area contributed by atoms with Crippen LogP contribution in [-0.4, -0.2) is 19.5 Å². The van der Waals surface area contributed by atoms with Gasteiger partial charge in [0.15, 0.2) is 0 Å². The van der Waals surface area contributed by atoms with Gasteiger partial charge in [0.1, 0.15) is 23.3 Å². The molecule has 7 aromatic rings. The van der Waals surface area contributed by atoms with Crippen molar-refractivity contribution in [1.29, 1.82) is 10.5 Å². The second-order valence-corrected chi connectivity index (χ2v) is 10.7. The predicted molar refractivity (Wildman–Crippen MR) is 161 cm³/mol. The Bertz CT molecular complexity index is 2310. The van der Waals surface area contributed by atoms with E-state index in [0.29, 0.717) is 11.3 Å². The van der Waals surface area contributed by atoms with E-state index in [2.05, 4.69) is 46.0 Å². The molecular formula is C36H18N6O. The number of aromatic nitrogens is 4. The lowest BCUT2D eigenvalue weighted by Crippen LogP contribution is -2.32. The van der Waals surface area contributed by atoms with Crippen LogP contribution in [0.2, 0.25) is 0 Å². The zero-order chi connectivity index (χ0) is 28.7. The molecule has 9 rings (SSSR count). The van der Waals surface area contributed by atoms with E-state index < -0.39 is 5.41 Å². The van der Waals surface area contributed by atoms with Gasteiger partial charge in [-0.15, -0.1) is 0 Å². The summed E-state index contributed by atoms with van der Waals surface area (Å²) in [6, 6.07) is 34.4. The summed E-state index contributed by atoms with van der Waals surface area (Å²) in [6.07, 6.45) is 5.40. The topological polar surface area (TPSA) is 100 Å². The molecule has 0 atom stereocenters. The van der Waals surface area contributed by atoms with Gasteiger partial charge in [-0.25, -0.2) is 4.98 Å². The van der Waals surface area contributed by atoms with Crippen molar-refractivity contribution in [3.05, 3.63) is 143 Å². The van der Waals surface area contributed by atoms with Gasteiger partial charge in [0, 0.05) is 33.7 Å². The molecular weight excluding hydrogens is 532 g/mol. The predicted octanol–water partition coefficient (Wildman–Crippen LogP) is 7.18. The van der Waals surface area contributed by atoms with Gasteiger partial charge in [0.2, 0.25) is 0 Å². The van der Waals surface area contributed by atoms with Crippen LogP contribution < -0.4 is 4.74 Å². The number of nitrogens with zero attached hydrogens (tertiary/aromatic N) is 6. The van der Waals surface area contributed by atoms with E-state index in [9.17, 15) is 10.5 Å². The molecule has 3 aromatic carbocycles. The molecule has 4 aromatic heterocycles. The number of benzene rings is 3. The minimum absolute atomic E-state index is 0.317. The van der Waals surface area contributed by atoms with E-state index in [-0.39, 0.29) is 0 Å². The zero-order valence-electron chi connectivity index (χ0n) is 22.5. The van der Waals surface area contributed by atoms with Crippen LogP contribution >= 0.6 is 0 Å². The van der Waals surface area contributed by atoms with E-state index in [1.54, 1.807) is 12.3 Å². The molecule has 1 spiro atoms. The summed E-state index contributed by atoms with van der Waals surface area (Å²) in [5.74, 6) is 1.59. The molecule has 0 saturated carbocycles. The maximum Gasteiger partial charge on any atom is 0.141 e. The molecule has 0 fully saturated rings. The van der Waals surface area contributed by atoms with Crippen molar-refractivity contribution >= 4 is 21.8 Å². The number of hydrogen-bond donors (Lipinski definition) is 0. The van der Waals surface area contributed by atoms with Crippen LogP contribution in [0.25, 0.3) is 38.9 Å². The summed E-state index contributed by atoms with van der Waals surface area (Å²) in [6.45, 7) is 0. The van der Waals surface area contributed by atoms with Crippen molar-refractivity contribution in [2.24, 2.45) is 0 Å². The molecule has 0 unspecified atom stereocenters. The monoisotopic (exact) mass is 550 g/mol. The summed E-state index contributed by atoms with van der Waals surface area (Å²) in [7, 11) is 0. The lowest BCUT2D eigenvalue weighted by atomic mass is 9.66. The Kier molecular flexibility index (Phi) is 4.55. The van der Waals surface area contributed by atoms with Gasteiger partial charge in [-0.05, 0) is 54.1 Å². The summed E-state index contributed by atoms with van der Waals surface area (Å²) in [4.78, 5) is 14.3. The van der Waals surface area contributed by atoms with Gasteiger partial charge in [0.05, 0.1) is 57.5 Å². The van der Waals surface area contributed by atoms with Crippen molar-refractivity contribution in [2.45, 2.75) is 5.41 Å². The van der Waals surface area contributed by atoms with Gasteiger partial charge in [-0.3, -0.25) is 9.97 Å². The van der Waals surface area contributed by atoms with E-state index in [1.165, 1.54) is 0 Å². The summed E-state index contributed by atoms with van der Waals surface area (Å²) >= 11 is 0. The number of pyridine rings is 3. The first-order chi connectivity index (χ1) is 21.2. The Hall–Kier alpha value is -6.31. The lowest BCUT2D eigenvalue weighted by molar-refractivity contribution is 0.436. The fourth-order valence-electron chi connectivity index (χ4n) is 6.99. The molecule has 5 heterocycles. The molecule has 0 N–H and O–H groups in total. The second kappa shape index (κ2) is 8.36. The third-order valence-corrected chi connectivity index (χ3v) is 8.67. The zero-order valence-corrected chi connectivity index (χ0v) is 22.5. The van der Waals surface area contributed by atoms with Crippen LogP contribution in [0.1, 0.15) is 33.5 Å². The van der Waals surface area contributed by atoms with Crippen LogP contribution in [0.15, 0.2) is 110 Å². The summed E-state index contributed by atoms with van der Waals surface area (Å²) in [5, 5.41) is 20.9. The Labute approximate surface area is 245 Å². The van der Waals surface area contributed by atoms with E-state index >= 15 is 0 Å². The number of nitriles is 2. The SMILES string of the molecule is N#Cc1ccc2c(c1)c1cc(C#N)ncc1n2-c1cnc2c(c1)C1(c3ccccc3Oc3ccccc31)c1cccnc1-2.